The molecule has 0 aliphatic heterocycles. The summed E-state index contributed by atoms with van der Waals surface area (Å²) in [6.07, 6.45) is 4.48. The third kappa shape index (κ3) is 2.01. The molecule has 0 bridgehead atoms. The fourth-order valence-electron chi connectivity index (χ4n) is 3.01. The van der Waals surface area contributed by atoms with Gasteiger partial charge in [0.2, 0.25) is 0 Å². The van der Waals surface area contributed by atoms with Gasteiger partial charge in [-0.2, -0.15) is 0 Å². The van der Waals surface area contributed by atoms with E-state index < -0.39 is 5.60 Å². The molecule has 2 atom stereocenters. The van der Waals surface area contributed by atoms with Crippen LogP contribution in [-0.2, 0) is 0 Å². The molecule has 1 aromatic carbocycles. The highest BCUT2D eigenvalue weighted by molar-refractivity contribution is 5.24. The quantitative estimate of drug-likeness (QED) is 0.802. The van der Waals surface area contributed by atoms with E-state index in [2.05, 4.69) is 38.1 Å². The van der Waals surface area contributed by atoms with Crippen LogP contribution in [0.4, 0.5) is 0 Å². The second kappa shape index (κ2) is 4.58. The minimum Gasteiger partial charge on any atom is -0.389 e. The van der Waals surface area contributed by atoms with Crippen LogP contribution in [0, 0.1) is 5.92 Å². The highest BCUT2D eigenvalue weighted by Crippen LogP contribution is 2.44. The van der Waals surface area contributed by atoms with Gasteiger partial charge in [0, 0.05) is 5.92 Å². The van der Waals surface area contributed by atoms with Gasteiger partial charge in [-0.25, -0.2) is 0 Å². The zero-order valence-corrected chi connectivity index (χ0v) is 10.3. The van der Waals surface area contributed by atoms with Crippen LogP contribution in [0.3, 0.4) is 0 Å². The number of hydrogen-bond donors (Lipinski definition) is 1. The second-order valence-corrected chi connectivity index (χ2v) is 5.35. The van der Waals surface area contributed by atoms with Crippen LogP contribution in [0.5, 0.6) is 0 Å². The predicted molar refractivity (Wildman–Crippen MR) is 67.4 cm³/mol. The zero-order valence-electron chi connectivity index (χ0n) is 10.3. The molecule has 88 valence electrons. The minimum absolute atomic E-state index is 0.322. The van der Waals surface area contributed by atoms with Crippen LogP contribution in [0.25, 0.3) is 0 Å². The third-order valence-electron chi connectivity index (χ3n) is 4.13. The van der Waals surface area contributed by atoms with Crippen LogP contribution in [0.1, 0.15) is 51.0 Å². The van der Waals surface area contributed by atoms with Gasteiger partial charge in [-0.05, 0) is 24.3 Å². The van der Waals surface area contributed by atoms with Crippen molar-refractivity contribution in [1.82, 2.24) is 0 Å². The summed E-state index contributed by atoms with van der Waals surface area (Å²) in [5, 5.41) is 10.9. The molecule has 1 saturated carbocycles. The summed E-state index contributed by atoms with van der Waals surface area (Å²) in [6, 6.07) is 10.5. The first-order valence-electron chi connectivity index (χ1n) is 6.42. The van der Waals surface area contributed by atoms with Gasteiger partial charge in [-0.3, -0.25) is 0 Å². The molecule has 2 unspecified atom stereocenters. The topological polar surface area (TPSA) is 20.2 Å². The Morgan fingerprint density at radius 3 is 2.50 bits per heavy atom. The van der Waals surface area contributed by atoms with Crippen molar-refractivity contribution in [1.29, 1.82) is 0 Å². The molecule has 0 amide bonds. The van der Waals surface area contributed by atoms with Crippen molar-refractivity contribution in [2.45, 2.75) is 51.0 Å². The first kappa shape index (κ1) is 11.7. The van der Waals surface area contributed by atoms with E-state index >= 15 is 0 Å². The Kier molecular flexibility index (Phi) is 3.34. The normalized spacial score (nSPS) is 30.6. The number of benzene rings is 1. The summed E-state index contributed by atoms with van der Waals surface area (Å²) >= 11 is 0. The highest BCUT2D eigenvalue weighted by Gasteiger charge is 2.41. The Morgan fingerprint density at radius 1 is 1.19 bits per heavy atom. The van der Waals surface area contributed by atoms with E-state index in [1.54, 1.807) is 0 Å². The van der Waals surface area contributed by atoms with Crippen LogP contribution in [-0.4, -0.2) is 10.7 Å². The first-order valence-corrected chi connectivity index (χ1v) is 6.42. The average molecular weight is 218 g/mol. The number of aliphatic hydroxyl groups is 1. The number of rotatable bonds is 2. The molecule has 1 aliphatic rings. The summed E-state index contributed by atoms with van der Waals surface area (Å²) in [6.45, 7) is 4.28. The van der Waals surface area contributed by atoms with Gasteiger partial charge < -0.3 is 5.11 Å². The molecule has 0 heterocycles. The molecule has 0 radical (unpaired) electrons. The molecule has 2 rings (SSSR count). The van der Waals surface area contributed by atoms with E-state index in [4.69, 9.17) is 0 Å². The van der Waals surface area contributed by atoms with Crippen LogP contribution < -0.4 is 0 Å². The molecular weight excluding hydrogens is 196 g/mol. The van der Waals surface area contributed by atoms with Gasteiger partial charge in [0.15, 0.2) is 0 Å². The third-order valence-corrected chi connectivity index (χ3v) is 4.13. The Bertz CT molecular complexity index is 331. The molecule has 1 nitrogen and oxygen atoms in total. The van der Waals surface area contributed by atoms with Crippen LogP contribution in [0.2, 0.25) is 0 Å². The maximum atomic E-state index is 10.9. The molecule has 0 spiro atoms. The van der Waals surface area contributed by atoms with Gasteiger partial charge in [-0.15, -0.1) is 0 Å². The Morgan fingerprint density at radius 2 is 1.88 bits per heavy atom. The summed E-state index contributed by atoms with van der Waals surface area (Å²) in [4.78, 5) is 0. The van der Waals surface area contributed by atoms with Crippen molar-refractivity contribution in [3.05, 3.63) is 35.9 Å². The molecule has 1 fully saturated rings. The fraction of sp³-hybridized carbons (Fsp3) is 0.600. The zero-order chi connectivity index (χ0) is 11.6. The van der Waals surface area contributed by atoms with E-state index in [-0.39, 0.29) is 0 Å². The summed E-state index contributed by atoms with van der Waals surface area (Å²) < 4.78 is 0. The first-order chi connectivity index (χ1) is 7.64. The fourth-order valence-corrected chi connectivity index (χ4v) is 3.01. The molecular formula is C15H22O. The van der Waals surface area contributed by atoms with E-state index in [0.717, 1.165) is 19.3 Å². The lowest BCUT2D eigenvalue weighted by molar-refractivity contribution is -0.0561. The molecule has 0 aromatic heterocycles. The van der Waals surface area contributed by atoms with E-state index in [1.807, 2.05) is 6.07 Å². The monoisotopic (exact) mass is 218 g/mol. The minimum atomic E-state index is -0.500. The van der Waals surface area contributed by atoms with Gasteiger partial charge in [0.25, 0.3) is 0 Å². The lowest BCUT2D eigenvalue weighted by Gasteiger charge is -2.43. The smallest absolute Gasteiger partial charge is 0.0738 e. The lowest BCUT2D eigenvalue weighted by atomic mass is 9.67. The van der Waals surface area contributed by atoms with E-state index in [9.17, 15) is 5.11 Å². The van der Waals surface area contributed by atoms with Gasteiger partial charge in [0.1, 0.15) is 0 Å². The highest BCUT2D eigenvalue weighted by atomic mass is 16.3. The SMILES string of the molecule is CC(C)C1(O)CCCCC1c1ccccc1. The summed E-state index contributed by atoms with van der Waals surface area (Å²) in [5.74, 6) is 0.653. The molecule has 0 saturated heterocycles. The predicted octanol–water partition coefficient (Wildman–Crippen LogP) is 3.73. The van der Waals surface area contributed by atoms with Crippen molar-refractivity contribution < 1.29 is 5.11 Å². The maximum Gasteiger partial charge on any atom is 0.0738 e. The molecule has 1 heteroatoms. The number of hydrogen-bond acceptors (Lipinski definition) is 1. The van der Waals surface area contributed by atoms with Gasteiger partial charge in [0.05, 0.1) is 5.60 Å². The molecule has 1 aromatic rings. The van der Waals surface area contributed by atoms with Crippen molar-refractivity contribution in [2.75, 3.05) is 0 Å². The van der Waals surface area contributed by atoms with E-state index in [0.29, 0.717) is 11.8 Å². The van der Waals surface area contributed by atoms with Crippen molar-refractivity contribution in [3.8, 4) is 0 Å². The van der Waals surface area contributed by atoms with Crippen LogP contribution in [0.15, 0.2) is 30.3 Å². The maximum absolute atomic E-state index is 10.9. The summed E-state index contributed by atoms with van der Waals surface area (Å²) in [5.41, 5.74) is 0.804. The Balaban J connectivity index is 2.30. The largest absolute Gasteiger partial charge is 0.389 e. The van der Waals surface area contributed by atoms with Gasteiger partial charge >= 0.3 is 0 Å². The van der Waals surface area contributed by atoms with Crippen molar-refractivity contribution in [2.24, 2.45) is 5.92 Å². The Labute approximate surface area is 98.5 Å². The summed E-state index contributed by atoms with van der Waals surface area (Å²) in [7, 11) is 0. The standard InChI is InChI=1S/C15H22O/c1-12(2)15(16)11-7-6-10-14(15)13-8-4-3-5-9-13/h3-5,8-9,12,14,16H,6-7,10-11H2,1-2H3. The lowest BCUT2D eigenvalue weighted by Crippen LogP contribution is -2.43. The van der Waals surface area contributed by atoms with Crippen molar-refractivity contribution in [3.63, 3.8) is 0 Å². The molecule has 16 heavy (non-hydrogen) atoms. The second-order valence-electron chi connectivity index (χ2n) is 5.35. The Hall–Kier alpha value is -0.820. The van der Waals surface area contributed by atoms with E-state index in [1.165, 1.54) is 12.0 Å². The van der Waals surface area contributed by atoms with Crippen molar-refractivity contribution >= 4 is 0 Å². The van der Waals surface area contributed by atoms with Gasteiger partial charge in [-0.1, -0.05) is 57.0 Å². The van der Waals surface area contributed by atoms with Crippen LogP contribution >= 0.6 is 0 Å². The molecule has 1 aliphatic carbocycles. The molecule has 1 N–H and O–H groups in total. The average Bonchev–Trinajstić information content (AvgIpc) is 2.30.